The molecule has 1 N–H and O–H groups in total. The Morgan fingerprint density at radius 1 is 1.03 bits per heavy atom. The lowest BCUT2D eigenvalue weighted by Crippen LogP contribution is -2.31. The SMILES string of the molecule is COc1ccc([C@H](NC(=O)c2ccc3c(c2)C(=O)N(C)C3=O)c2nccn2C)cc1. The van der Waals surface area contributed by atoms with Gasteiger partial charge in [0.05, 0.1) is 18.2 Å². The second-order valence-electron chi connectivity index (χ2n) is 7.01. The summed E-state index contributed by atoms with van der Waals surface area (Å²) < 4.78 is 7.04. The van der Waals surface area contributed by atoms with Crippen LogP contribution in [0.15, 0.2) is 54.9 Å². The van der Waals surface area contributed by atoms with Gasteiger partial charge in [-0.2, -0.15) is 0 Å². The molecule has 1 aliphatic rings. The van der Waals surface area contributed by atoms with Crippen LogP contribution in [0.3, 0.4) is 0 Å². The minimum atomic E-state index is -0.517. The number of methoxy groups -OCH3 is 1. The molecule has 1 aromatic heterocycles. The summed E-state index contributed by atoms with van der Waals surface area (Å²) in [5, 5.41) is 2.99. The first-order valence-electron chi connectivity index (χ1n) is 9.29. The Morgan fingerprint density at radius 3 is 2.37 bits per heavy atom. The number of nitrogens with zero attached hydrogens (tertiary/aromatic N) is 3. The molecule has 0 fully saturated rings. The lowest BCUT2D eigenvalue weighted by molar-refractivity contribution is 0.0693. The number of carbonyl (C=O) groups excluding carboxylic acids is 3. The van der Waals surface area contributed by atoms with E-state index in [1.807, 2.05) is 35.9 Å². The molecule has 30 heavy (non-hydrogen) atoms. The predicted octanol–water partition coefficient (Wildman–Crippen LogP) is 2.17. The van der Waals surface area contributed by atoms with Crippen molar-refractivity contribution in [1.29, 1.82) is 0 Å². The van der Waals surface area contributed by atoms with Crippen molar-refractivity contribution >= 4 is 17.7 Å². The van der Waals surface area contributed by atoms with E-state index in [0.29, 0.717) is 17.1 Å². The molecule has 0 spiro atoms. The zero-order chi connectivity index (χ0) is 21.4. The van der Waals surface area contributed by atoms with Crippen LogP contribution in [0, 0.1) is 0 Å². The van der Waals surface area contributed by atoms with Crippen molar-refractivity contribution in [3.63, 3.8) is 0 Å². The van der Waals surface area contributed by atoms with E-state index in [9.17, 15) is 14.4 Å². The lowest BCUT2D eigenvalue weighted by atomic mass is 10.0. The van der Waals surface area contributed by atoms with E-state index in [1.54, 1.807) is 25.6 Å². The van der Waals surface area contributed by atoms with E-state index >= 15 is 0 Å². The van der Waals surface area contributed by atoms with E-state index in [0.717, 1.165) is 10.5 Å². The number of aryl methyl sites for hydroxylation is 1. The fraction of sp³-hybridized carbons (Fsp3) is 0.182. The van der Waals surface area contributed by atoms with Crippen molar-refractivity contribution in [2.24, 2.45) is 7.05 Å². The topological polar surface area (TPSA) is 93.5 Å². The standard InChI is InChI=1S/C22H20N4O4/c1-25-11-10-23-19(25)18(13-4-7-15(30-3)8-5-13)24-20(27)14-6-9-16-17(12-14)22(29)26(2)21(16)28/h4-12,18H,1-3H3,(H,24,27)/t18-/m0/s1. The first kappa shape index (κ1) is 19.4. The minimum absolute atomic E-state index is 0.230. The Kier molecular flexibility index (Phi) is 4.83. The first-order valence-corrected chi connectivity index (χ1v) is 9.29. The Hall–Kier alpha value is -3.94. The molecule has 1 aliphatic heterocycles. The third-order valence-electron chi connectivity index (χ3n) is 5.19. The molecule has 3 aromatic rings. The molecular weight excluding hydrogens is 384 g/mol. The molecule has 2 heterocycles. The molecule has 2 aromatic carbocycles. The number of amides is 3. The molecule has 0 unspecified atom stereocenters. The summed E-state index contributed by atoms with van der Waals surface area (Å²) >= 11 is 0. The highest BCUT2D eigenvalue weighted by Crippen LogP contribution is 2.25. The summed E-state index contributed by atoms with van der Waals surface area (Å²) in [7, 11) is 4.86. The van der Waals surface area contributed by atoms with Crippen LogP contribution >= 0.6 is 0 Å². The number of rotatable bonds is 5. The van der Waals surface area contributed by atoms with Gasteiger partial charge in [-0.05, 0) is 35.9 Å². The number of carbonyl (C=O) groups is 3. The summed E-state index contributed by atoms with van der Waals surface area (Å²) in [5.74, 6) is 0.193. The monoisotopic (exact) mass is 404 g/mol. The van der Waals surface area contributed by atoms with E-state index in [4.69, 9.17) is 4.74 Å². The van der Waals surface area contributed by atoms with Gasteiger partial charge in [-0.1, -0.05) is 12.1 Å². The number of benzene rings is 2. The fourth-order valence-corrected chi connectivity index (χ4v) is 3.47. The average Bonchev–Trinajstić information content (AvgIpc) is 3.28. The number of imidazole rings is 1. The van der Waals surface area contributed by atoms with Crippen LogP contribution in [0.5, 0.6) is 5.75 Å². The summed E-state index contributed by atoms with van der Waals surface area (Å²) in [6.07, 6.45) is 3.46. The first-order chi connectivity index (χ1) is 14.4. The molecular formula is C22H20N4O4. The van der Waals surface area contributed by atoms with Gasteiger partial charge in [-0.25, -0.2) is 4.98 Å². The molecule has 0 aliphatic carbocycles. The van der Waals surface area contributed by atoms with E-state index in [-0.39, 0.29) is 22.9 Å². The van der Waals surface area contributed by atoms with E-state index in [1.165, 1.54) is 19.2 Å². The summed E-state index contributed by atoms with van der Waals surface area (Å²) in [6, 6.07) is 11.3. The van der Waals surface area contributed by atoms with Gasteiger partial charge in [-0.3, -0.25) is 19.3 Å². The zero-order valence-corrected chi connectivity index (χ0v) is 16.7. The quantitative estimate of drug-likeness (QED) is 0.658. The maximum absolute atomic E-state index is 13.0. The van der Waals surface area contributed by atoms with Crippen LogP contribution in [0.25, 0.3) is 0 Å². The predicted molar refractivity (Wildman–Crippen MR) is 108 cm³/mol. The molecule has 8 nitrogen and oxygen atoms in total. The second-order valence-corrected chi connectivity index (χ2v) is 7.01. The molecule has 3 amide bonds. The van der Waals surface area contributed by atoms with Gasteiger partial charge >= 0.3 is 0 Å². The van der Waals surface area contributed by atoms with E-state index < -0.39 is 11.9 Å². The smallest absolute Gasteiger partial charge is 0.261 e. The Labute approximate surface area is 173 Å². The van der Waals surface area contributed by atoms with Crippen molar-refractivity contribution in [2.45, 2.75) is 6.04 Å². The number of hydrogen-bond donors (Lipinski definition) is 1. The molecule has 152 valence electrons. The molecule has 0 radical (unpaired) electrons. The van der Waals surface area contributed by atoms with Crippen LogP contribution in [0.4, 0.5) is 0 Å². The molecule has 8 heteroatoms. The Bertz CT molecular complexity index is 1150. The Balaban J connectivity index is 1.67. The average molecular weight is 404 g/mol. The normalized spacial score (nSPS) is 13.9. The maximum atomic E-state index is 13.0. The third-order valence-corrected chi connectivity index (χ3v) is 5.19. The molecule has 0 saturated carbocycles. The van der Waals surface area contributed by atoms with Gasteiger partial charge in [0, 0.05) is 32.1 Å². The van der Waals surface area contributed by atoms with Crippen LogP contribution in [-0.2, 0) is 7.05 Å². The maximum Gasteiger partial charge on any atom is 0.261 e. The summed E-state index contributed by atoms with van der Waals surface area (Å²) in [5.41, 5.74) is 1.64. The zero-order valence-electron chi connectivity index (χ0n) is 16.7. The van der Waals surface area contributed by atoms with Crippen molar-refractivity contribution in [3.8, 4) is 5.75 Å². The van der Waals surface area contributed by atoms with Crippen molar-refractivity contribution in [3.05, 3.63) is 82.9 Å². The summed E-state index contributed by atoms with van der Waals surface area (Å²) in [4.78, 5) is 42.8. The van der Waals surface area contributed by atoms with Crippen molar-refractivity contribution in [1.82, 2.24) is 19.8 Å². The molecule has 1 atom stereocenters. The fourth-order valence-electron chi connectivity index (χ4n) is 3.47. The summed E-state index contributed by atoms with van der Waals surface area (Å²) in [6.45, 7) is 0. The van der Waals surface area contributed by atoms with E-state index in [2.05, 4.69) is 10.3 Å². The van der Waals surface area contributed by atoms with Crippen molar-refractivity contribution in [2.75, 3.05) is 14.2 Å². The number of hydrogen-bond acceptors (Lipinski definition) is 5. The number of imide groups is 1. The molecule has 4 rings (SSSR count). The largest absolute Gasteiger partial charge is 0.497 e. The molecule has 0 saturated heterocycles. The highest BCUT2D eigenvalue weighted by Gasteiger charge is 2.33. The minimum Gasteiger partial charge on any atom is -0.497 e. The molecule has 0 bridgehead atoms. The van der Waals surface area contributed by atoms with Crippen LogP contribution < -0.4 is 10.1 Å². The van der Waals surface area contributed by atoms with Gasteiger partial charge in [0.1, 0.15) is 17.6 Å². The number of aromatic nitrogens is 2. The van der Waals surface area contributed by atoms with Crippen molar-refractivity contribution < 1.29 is 19.1 Å². The van der Waals surface area contributed by atoms with Gasteiger partial charge in [0.25, 0.3) is 17.7 Å². The second kappa shape index (κ2) is 7.47. The highest BCUT2D eigenvalue weighted by molar-refractivity contribution is 6.21. The van der Waals surface area contributed by atoms with Crippen LogP contribution in [0.2, 0.25) is 0 Å². The van der Waals surface area contributed by atoms with Gasteiger partial charge in [0.15, 0.2) is 0 Å². The lowest BCUT2D eigenvalue weighted by Gasteiger charge is -2.19. The highest BCUT2D eigenvalue weighted by atomic mass is 16.5. The van der Waals surface area contributed by atoms with Crippen LogP contribution in [0.1, 0.15) is 48.5 Å². The number of nitrogens with one attached hydrogen (secondary N) is 1. The van der Waals surface area contributed by atoms with Gasteiger partial charge < -0.3 is 14.6 Å². The van der Waals surface area contributed by atoms with Crippen LogP contribution in [-0.4, -0.2) is 46.3 Å². The number of fused-ring (bicyclic) bond motifs is 1. The Morgan fingerprint density at radius 2 is 1.73 bits per heavy atom. The third kappa shape index (κ3) is 3.22. The number of ether oxygens (including phenoxy) is 1. The van der Waals surface area contributed by atoms with Gasteiger partial charge in [-0.15, -0.1) is 0 Å². The van der Waals surface area contributed by atoms with Gasteiger partial charge in [0.2, 0.25) is 0 Å².